The zero-order chi connectivity index (χ0) is 17.2. The van der Waals surface area contributed by atoms with Crippen LogP contribution in [0.3, 0.4) is 0 Å². The van der Waals surface area contributed by atoms with E-state index in [-0.39, 0.29) is 15.7 Å². The number of carbonyl (C=O) groups is 2. The fraction of sp³-hybridized carbons (Fsp3) is 0.429. The van der Waals surface area contributed by atoms with E-state index in [4.69, 9.17) is 14.2 Å². The highest BCUT2D eigenvalue weighted by atomic mass is 127. The predicted molar refractivity (Wildman–Crippen MR) is 86.9 cm³/mol. The quantitative estimate of drug-likeness (QED) is 0.458. The molecule has 0 fully saturated rings. The van der Waals surface area contributed by atoms with Gasteiger partial charge in [-0.1, -0.05) is 0 Å². The Labute approximate surface area is 140 Å². The van der Waals surface area contributed by atoms with Crippen LogP contribution in [0.5, 0.6) is 5.75 Å². The van der Waals surface area contributed by atoms with Crippen LogP contribution in [0.25, 0.3) is 0 Å². The molecular formula is C14H18INO7. The van der Waals surface area contributed by atoms with Crippen LogP contribution in [-0.2, 0) is 20.4 Å². The van der Waals surface area contributed by atoms with E-state index >= 15 is 0 Å². The summed E-state index contributed by atoms with van der Waals surface area (Å²) >= 11 is -3.88. The molecule has 1 aromatic rings. The van der Waals surface area contributed by atoms with Gasteiger partial charge in [0.1, 0.15) is 12.4 Å². The molecule has 0 heterocycles. The Morgan fingerprint density at radius 1 is 1.13 bits per heavy atom. The zero-order valence-electron chi connectivity index (χ0n) is 12.8. The fourth-order valence-corrected chi connectivity index (χ4v) is 2.94. The van der Waals surface area contributed by atoms with Gasteiger partial charge in [-0.2, -0.15) is 0 Å². The smallest absolute Gasteiger partial charge is 0.341 e. The SMILES string of the molecule is COCCOCCOc1ccc(I(=O)=O)c(C(=O)NC(C)=O)c1. The highest BCUT2D eigenvalue weighted by Gasteiger charge is 2.17. The molecular weight excluding hydrogens is 421 g/mol. The van der Waals surface area contributed by atoms with E-state index in [1.807, 2.05) is 5.32 Å². The van der Waals surface area contributed by atoms with Gasteiger partial charge in [0.15, 0.2) is 0 Å². The van der Waals surface area contributed by atoms with Crippen molar-refractivity contribution >= 4 is 31.6 Å². The number of imide groups is 1. The molecule has 2 amide bonds. The predicted octanol–water partition coefficient (Wildman–Crippen LogP) is 1.37. The van der Waals surface area contributed by atoms with Crippen molar-refractivity contribution in [1.29, 1.82) is 0 Å². The van der Waals surface area contributed by atoms with Crippen LogP contribution in [0.2, 0.25) is 0 Å². The van der Waals surface area contributed by atoms with Gasteiger partial charge < -0.3 is 14.2 Å². The molecule has 0 spiro atoms. The van der Waals surface area contributed by atoms with E-state index in [2.05, 4.69) is 0 Å². The summed E-state index contributed by atoms with van der Waals surface area (Å²) in [7, 11) is 1.57. The molecule has 1 rings (SSSR count). The summed E-state index contributed by atoms with van der Waals surface area (Å²) < 4.78 is 37.9. The molecule has 0 aromatic heterocycles. The monoisotopic (exact) mass is 439 g/mol. The van der Waals surface area contributed by atoms with Crippen LogP contribution in [0.15, 0.2) is 18.2 Å². The minimum absolute atomic E-state index is 0.0864. The number of hydrogen-bond acceptors (Lipinski definition) is 7. The van der Waals surface area contributed by atoms with Crippen molar-refractivity contribution in [1.82, 2.24) is 5.32 Å². The molecule has 0 saturated carbocycles. The second kappa shape index (κ2) is 10.2. The standard InChI is InChI=1S/C14H18INO7/c1-10(17)16-14(18)12-9-11(3-4-13(12)15(19)20)23-8-7-22-6-5-21-2/h3-4,9H,5-8H2,1-2H3,(H,16,17,18). The molecule has 1 aromatic carbocycles. The fourth-order valence-electron chi connectivity index (χ4n) is 1.59. The van der Waals surface area contributed by atoms with E-state index in [1.54, 1.807) is 7.11 Å². The molecule has 0 radical (unpaired) electrons. The molecule has 0 aliphatic heterocycles. The van der Waals surface area contributed by atoms with Crippen molar-refractivity contribution in [3.8, 4) is 5.75 Å². The maximum absolute atomic E-state index is 11.9. The third kappa shape index (κ3) is 7.01. The lowest BCUT2D eigenvalue weighted by molar-refractivity contribution is -0.118. The lowest BCUT2D eigenvalue weighted by atomic mass is 10.2. The molecule has 0 aliphatic carbocycles. The maximum Gasteiger partial charge on any atom is 0.341 e. The first kappa shape index (κ1) is 19.5. The Hall–Kier alpha value is -1.59. The van der Waals surface area contributed by atoms with Gasteiger partial charge in [0.05, 0.1) is 29.0 Å². The van der Waals surface area contributed by atoms with Crippen LogP contribution >= 0.6 is 19.8 Å². The molecule has 0 bridgehead atoms. The number of nitrogens with one attached hydrogen (secondary N) is 1. The lowest BCUT2D eigenvalue weighted by Crippen LogP contribution is -2.28. The third-order valence-electron chi connectivity index (χ3n) is 2.57. The number of benzene rings is 1. The summed E-state index contributed by atoms with van der Waals surface area (Å²) in [6.07, 6.45) is 0. The second-order valence-corrected chi connectivity index (χ2v) is 6.73. The van der Waals surface area contributed by atoms with E-state index in [1.165, 1.54) is 25.1 Å². The van der Waals surface area contributed by atoms with Crippen LogP contribution in [0.4, 0.5) is 0 Å². The summed E-state index contributed by atoms with van der Waals surface area (Å²) in [5.41, 5.74) is -0.104. The highest BCUT2D eigenvalue weighted by molar-refractivity contribution is 14.2. The molecule has 8 nitrogen and oxygen atoms in total. The van der Waals surface area contributed by atoms with Gasteiger partial charge >= 0.3 is 19.8 Å². The minimum atomic E-state index is -3.88. The van der Waals surface area contributed by atoms with Gasteiger partial charge in [0.25, 0.3) is 5.91 Å². The maximum atomic E-state index is 11.9. The van der Waals surface area contributed by atoms with E-state index < -0.39 is 31.6 Å². The Balaban J connectivity index is 2.75. The molecule has 23 heavy (non-hydrogen) atoms. The van der Waals surface area contributed by atoms with Crippen molar-refractivity contribution in [2.24, 2.45) is 0 Å². The number of halogens is 1. The van der Waals surface area contributed by atoms with Gasteiger partial charge in [-0.05, 0) is 18.2 Å². The Morgan fingerprint density at radius 2 is 1.83 bits per heavy atom. The number of carbonyl (C=O) groups excluding carboxylic acids is 2. The molecule has 1 N–H and O–H groups in total. The van der Waals surface area contributed by atoms with Crippen molar-refractivity contribution in [2.75, 3.05) is 33.5 Å². The molecule has 9 heteroatoms. The van der Waals surface area contributed by atoms with Gasteiger partial charge in [-0.25, -0.2) is 6.14 Å². The summed E-state index contributed by atoms with van der Waals surface area (Å²) in [5.74, 6) is -1.03. The molecule has 128 valence electrons. The number of hydrogen-bond donors (Lipinski definition) is 1. The Kier molecular flexibility index (Phi) is 8.66. The first-order valence-corrected chi connectivity index (χ1v) is 9.50. The lowest BCUT2D eigenvalue weighted by Gasteiger charge is -2.09. The normalized spacial score (nSPS) is 10.6. The van der Waals surface area contributed by atoms with E-state index in [0.29, 0.717) is 25.6 Å². The average molecular weight is 439 g/mol. The molecule has 0 aliphatic rings. The van der Waals surface area contributed by atoms with Gasteiger partial charge in [-0.15, -0.1) is 0 Å². The summed E-state index contributed by atoms with van der Waals surface area (Å²) in [5, 5.41) is 2.05. The third-order valence-corrected chi connectivity index (χ3v) is 4.46. The largest absolute Gasteiger partial charge is 0.491 e. The average Bonchev–Trinajstić information content (AvgIpc) is 2.49. The minimum Gasteiger partial charge on any atom is -0.491 e. The summed E-state index contributed by atoms with van der Waals surface area (Å²) in [6.45, 7) is 2.63. The summed E-state index contributed by atoms with van der Waals surface area (Å²) in [6, 6.07) is 4.04. The van der Waals surface area contributed by atoms with Crippen LogP contribution in [0, 0.1) is 3.57 Å². The number of amides is 2. The van der Waals surface area contributed by atoms with E-state index in [0.717, 1.165) is 0 Å². The first-order valence-electron chi connectivity index (χ1n) is 6.66. The van der Waals surface area contributed by atoms with Gasteiger partial charge in [0, 0.05) is 14.0 Å². The Bertz CT molecular complexity index is 620. The van der Waals surface area contributed by atoms with Crippen LogP contribution in [-0.4, -0.2) is 45.4 Å². The molecule has 0 saturated heterocycles. The van der Waals surface area contributed by atoms with Crippen molar-refractivity contribution in [2.45, 2.75) is 6.92 Å². The van der Waals surface area contributed by atoms with E-state index in [9.17, 15) is 15.7 Å². The molecule has 0 unspecified atom stereocenters. The summed E-state index contributed by atoms with van der Waals surface area (Å²) in [4.78, 5) is 22.9. The van der Waals surface area contributed by atoms with Crippen molar-refractivity contribution < 1.29 is 29.9 Å². The van der Waals surface area contributed by atoms with Gasteiger partial charge in [-0.3, -0.25) is 14.9 Å². The van der Waals surface area contributed by atoms with Crippen LogP contribution < -0.4 is 10.1 Å². The molecule has 0 atom stereocenters. The van der Waals surface area contributed by atoms with Crippen molar-refractivity contribution in [3.05, 3.63) is 27.3 Å². The van der Waals surface area contributed by atoms with Gasteiger partial charge in [0.2, 0.25) is 5.91 Å². The topological polar surface area (TPSA) is 108 Å². The second-order valence-electron chi connectivity index (χ2n) is 4.32. The number of ether oxygens (including phenoxy) is 3. The van der Waals surface area contributed by atoms with Crippen LogP contribution in [0.1, 0.15) is 17.3 Å². The highest BCUT2D eigenvalue weighted by Crippen LogP contribution is 2.26. The number of methoxy groups -OCH3 is 1. The zero-order valence-corrected chi connectivity index (χ0v) is 15.0. The Morgan fingerprint density at radius 3 is 2.43 bits per heavy atom. The number of rotatable bonds is 9. The first-order chi connectivity index (χ1) is 11.0. The van der Waals surface area contributed by atoms with Crippen molar-refractivity contribution in [3.63, 3.8) is 0 Å².